The first-order chi connectivity index (χ1) is 13.2. The van der Waals surface area contributed by atoms with E-state index in [4.69, 9.17) is 4.74 Å². The lowest BCUT2D eigenvalue weighted by molar-refractivity contribution is -0.917. The fourth-order valence-electron chi connectivity index (χ4n) is 3.95. The number of quaternary nitrogens is 1. The third-order valence-electron chi connectivity index (χ3n) is 5.57. The van der Waals surface area contributed by atoms with Gasteiger partial charge in [-0.2, -0.15) is 0 Å². The van der Waals surface area contributed by atoms with E-state index in [0.717, 1.165) is 57.1 Å². The molecule has 1 saturated heterocycles. The first-order valence-corrected chi connectivity index (χ1v) is 9.78. The number of nitrogens with one attached hydrogen (secondary N) is 1. The summed E-state index contributed by atoms with van der Waals surface area (Å²) >= 11 is 0. The molecule has 4 nitrogen and oxygen atoms in total. The van der Waals surface area contributed by atoms with Crippen LogP contribution >= 0.6 is 0 Å². The standard InChI is InChI=1S/C22H25FN2O2/c23-20-5-1-17(2-6-20)4-8-22(26)25-12-10-24(11-13-25)16-18-3-7-21-19(15-18)9-14-27-21/h1-3,5-7,15H,4,8-14,16H2/p+1. The molecule has 0 aromatic heterocycles. The predicted molar refractivity (Wildman–Crippen MR) is 101 cm³/mol. The molecule has 2 heterocycles. The molecule has 1 N–H and O–H groups in total. The van der Waals surface area contributed by atoms with Crippen molar-refractivity contribution in [2.24, 2.45) is 0 Å². The molecule has 2 aliphatic heterocycles. The van der Waals surface area contributed by atoms with E-state index in [-0.39, 0.29) is 11.7 Å². The molecule has 27 heavy (non-hydrogen) atoms. The van der Waals surface area contributed by atoms with Crippen molar-refractivity contribution in [3.05, 3.63) is 65.0 Å². The van der Waals surface area contributed by atoms with Crippen LogP contribution in [0, 0.1) is 5.82 Å². The Hall–Kier alpha value is -2.40. The molecule has 2 aromatic carbocycles. The zero-order valence-electron chi connectivity index (χ0n) is 15.5. The zero-order chi connectivity index (χ0) is 18.6. The third kappa shape index (κ3) is 4.48. The van der Waals surface area contributed by atoms with Crippen LogP contribution in [0.4, 0.5) is 4.39 Å². The van der Waals surface area contributed by atoms with Crippen molar-refractivity contribution in [2.75, 3.05) is 32.8 Å². The van der Waals surface area contributed by atoms with Crippen molar-refractivity contribution < 1.29 is 18.8 Å². The molecule has 0 aliphatic carbocycles. The highest BCUT2D eigenvalue weighted by Gasteiger charge is 2.24. The van der Waals surface area contributed by atoms with E-state index in [1.807, 2.05) is 4.90 Å². The third-order valence-corrected chi connectivity index (χ3v) is 5.57. The quantitative estimate of drug-likeness (QED) is 0.869. The van der Waals surface area contributed by atoms with Gasteiger partial charge in [-0.25, -0.2) is 4.39 Å². The number of aryl methyl sites for hydroxylation is 1. The minimum absolute atomic E-state index is 0.202. The summed E-state index contributed by atoms with van der Waals surface area (Å²) in [6, 6.07) is 12.9. The second kappa shape index (κ2) is 8.09. The number of ether oxygens (including phenoxy) is 1. The highest BCUT2D eigenvalue weighted by molar-refractivity contribution is 5.76. The lowest BCUT2D eigenvalue weighted by atomic mass is 10.1. The Morgan fingerprint density at radius 2 is 1.81 bits per heavy atom. The summed E-state index contributed by atoms with van der Waals surface area (Å²) in [6.07, 6.45) is 2.17. The molecule has 0 spiro atoms. The van der Waals surface area contributed by atoms with E-state index in [0.29, 0.717) is 12.8 Å². The lowest BCUT2D eigenvalue weighted by Gasteiger charge is -2.32. The summed E-state index contributed by atoms with van der Waals surface area (Å²) in [6.45, 7) is 5.39. The highest BCUT2D eigenvalue weighted by Crippen LogP contribution is 2.25. The molecule has 0 saturated carbocycles. The molecule has 4 rings (SSSR count). The Labute approximate surface area is 159 Å². The summed E-state index contributed by atoms with van der Waals surface area (Å²) in [5.74, 6) is 0.999. The van der Waals surface area contributed by atoms with Crippen LogP contribution in [0.1, 0.15) is 23.1 Å². The molecule has 0 unspecified atom stereocenters. The Balaban J connectivity index is 1.23. The van der Waals surface area contributed by atoms with E-state index in [1.54, 1.807) is 12.1 Å². The SMILES string of the molecule is O=C(CCc1ccc(F)cc1)N1CC[NH+](Cc2ccc3c(c2)CCO3)CC1. The number of amides is 1. The van der Waals surface area contributed by atoms with Gasteiger partial charge in [0.05, 0.1) is 32.8 Å². The molecule has 2 aromatic rings. The van der Waals surface area contributed by atoms with Crippen molar-refractivity contribution in [2.45, 2.75) is 25.8 Å². The molecule has 0 radical (unpaired) electrons. The average Bonchev–Trinajstić information content (AvgIpc) is 3.16. The maximum atomic E-state index is 13.0. The Morgan fingerprint density at radius 1 is 1.07 bits per heavy atom. The number of carbonyl (C=O) groups is 1. The number of nitrogens with zero attached hydrogens (tertiary/aromatic N) is 1. The second-order valence-corrected chi connectivity index (χ2v) is 7.47. The van der Waals surface area contributed by atoms with Gasteiger partial charge < -0.3 is 14.5 Å². The number of hydrogen-bond donors (Lipinski definition) is 1. The van der Waals surface area contributed by atoms with Crippen LogP contribution in [0.15, 0.2) is 42.5 Å². The van der Waals surface area contributed by atoms with Crippen LogP contribution in [0.2, 0.25) is 0 Å². The molecular weight excluding hydrogens is 343 g/mol. The molecule has 0 atom stereocenters. The van der Waals surface area contributed by atoms with Crippen LogP contribution in [-0.2, 0) is 24.2 Å². The molecule has 0 bridgehead atoms. The van der Waals surface area contributed by atoms with Gasteiger partial charge in [-0.05, 0) is 47.9 Å². The molecule has 142 valence electrons. The molecule has 2 aliphatic rings. The molecular formula is C22H26FN2O2+. The van der Waals surface area contributed by atoms with Gasteiger partial charge in [0.15, 0.2) is 0 Å². The fraction of sp³-hybridized carbons (Fsp3) is 0.409. The minimum atomic E-state index is -0.236. The monoisotopic (exact) mass is 369 g/mol. The van der Waals surface area contributed by atoms with Crippen LogP contribution in [0.3, 0.4) is 0 Å². The maximum Gasteiger partial charge on any atom is 0.223 e. The van der Waals surface area contributed by atoms with Crippen LogP contribution in [0.5, 0.6) is 5.75 Å². The number of halogens is 1. The molecule has 5 heteroatoms. The van der Waals surface area contributed by atoms with Crippen LogP contribution in [0.25, 0.3) is 0 Å². The first kappa shape index (κ1) is 18.0. The largest absolute Gasteiger partial charge is 0.493 e. The highest BCUT2D eigenvalue weighted by atomic mass is 19.1. The summed E-state index contributed by atoms with van der Waals surface area (Å²) in [4.78, 5) is 16.0. The predicted octanol–water partition coefficient (Wildman–Crippen LogP) is 1.62. The van der Waals surface area contributed by atoms with E-state index in [1.165, 1.54) is 28.2 Å². The van der Waals surface area contributed by atoms with E-state index >= 15 is 0 Å². The number of benzene rings is 2. The summed E-state index contributed by atoms with van der Waals surface area (Å²) in [7, 11) is 0. The van der Waals surface area contributed by atoms with Crippen molar-refractivity contribution in [3.63, 3.8) is 0 Å². The summed E-state index contributed by atoms with van der Waals surface area (Å²) in [5, 5.41) is 0. The van der Waals surface area contributed by atoms with Crippen molar-refractivity contribution >= 4 is 5.91 Å². The van der Waals surface area contributed by atoms with Crippen LogP contribution in [-0.4, -0.2) is 43.6 Å². The minimum Gasteiger partial charge on any atom is -0.493 e. The van der Waals surface area contributed by atoms with E-state index in [2.05, 4.69) is 18.2 Å². The Bertz CT molecular complexity index is 798. The topological polar surface area (TPSA) is 34.0 Å². The fourth-order valence-corrected chi connectivity index (χ4v) is 3.95. The van der Waals surface area contributed by atoms with Gasteiger partial charge >= 0.3 is 0 Å². The number of carbonyl (C=O) groups excluding carboxylic acids is 1. The van der Waals surface area contributed by atoms with Crippen molar-refractivity contribution in [1.29, 1.82) is 0 Å². The van der Waals surface area contributed by atoms with Gasteiger partial charge in [0, 0.05) is 18.4 Å². The van der Waals surface area contributed by atoms with E-state index < -0.39 is 0 Å². The van der Waals surface area contributed by atoms with Gasteiger partial charge in [0.1, 0.15) is 18.1 Å². The second-order valence-electron chi connectivity index (χ2n) is 7.47. The summed E-state index contributed by atoms with van der Waals surface area (Å²) < 4.78 is 18.5. The number of piperazine rings is 1. The lowest BCUT2D eigenvalue weighted by Crippen LogP contribution is -3.13. The zero-order valence-corrected chi connectivity index (χ0v) is 15.5. The van der Waals surface area contributed by atoms with Gasteiger partial charge in [-0.1, -0.05) is 12.1 Å². The summed E-state index contributed by atoms with van der Waals surface area (Å²) in [5.41, 5.74) is 3.68. The van der Waals surface area contributed by atoms with Crippen molar-refractivity contribution in [1.82, 2.24) is 4.90 Å². The molecule has 1 fully saturated rings. The number of fused-ring (bicyclic) bond motifs is 1. The smallest absolute Gasteiger partial charge is 0.223 e. The maximum absolute atomic E-state index is 13.0. The molecule has 1 amide bonds. The normalized spacial score (nSPS) is 16.9. The van der Waals surface area contributed by atoms with Gasteiger partial charge in [-0.15, -0.1) is 0 Å². The average molecular weight is 369 g/mol. The Kier molecular flexibility index (Phi) is 5.39. The first-order valence-electron chi connectivity index (χ1n) is 9.78. The van der Waals surface area contributed by atoms with E-state index in [9.17, 15) is 9.18 Å². The van der Waals surface area contributed by atoms with Crippen LogP contribution < -0.4 is 9.64 Å². The van der Waals surface area contributed by atoms with Gasteiger partial charge in [0.2, 0.25) is 5.91 Å². The number of hydrogen-bond acceptors (Lipinski definition) is 2. The number of rotatable bonds is 5. The van der Waals surface area contributed by atoms with Gasteiger partial charge in [0.25, 0.3) is 0 Å². The van der Waals surface area contributed by atoms with Crippen molar-refractivity contribution in [3.8, 4) is 5.75 Å². The van der Waals surface area contributed by atoms with Gasteiger partial charge in [-0.3, -0.25) is 4.79 Å². The Morgan fingerprint density at radius 3 is 2.59 bits per heavy atom.